The summed E-state index contributed by atoms with van der Waals surface area (Å²) in [6, 6.07) is 23.9. The minimum Gasteiger partial charge on any atom is -0.496 e. The zero-order valence-corrected chi connectivity index (χ0v) is 22.2. The lowest BCUT2D eigenvalue weighted by atomic mass is 9.90. The van der Waals surface area contributed by atoms with E-state index in [2.05, 4.69) is 105 Å². The summed E-state index contributed by atoms with van der Waals surface area (Å²) in [4.78, 5) is 0. The fourth-order valence-corrected chi connectivity index (χ4v) is 4.29. The smallest absolute Gasteiger partial charge is 0.122 e. The summed E-state index contributed by atoms with van der Waals surface area (Å²) >= 11 is 0. The molecule has 0 saturated heterocycles. The zero-order valence-electron chi connectivity index (χ0n) is 22.2. The van der Waals surface area contributed by atoms with Crippen LogP contribution >= 0.6 is 0 Å². The molecule has 36 heavy (non-hydrogen) atoms. The lowest BCUT2D eigenvalue weighted by Crippen LogP contribution is -2.02. The summed E-state index contributed by atoms with van der Waals surface area (Å²) in [6.07, 6.45) is 21.6. The molecule has 0 fully saturated rings. The number of ether oxygens (including phenoxy) is 2. The summed E-state index contributed by atoms with van der Waals surface area (Å²) in [5.74, 6) is 2.20. The van der Waals surface area contributed by atoms with Gasteiger partial charge in [-0.3, -0.25) is 0 Å². The van der Waals surface area contributed by atoms with Gasteiger partial charge in [-0.25, -0.2) is 0 Å². The van der Waals surface area contributed by atoms with Crippen molar-refractivity contribution in [3.63, 3.8) is 0 Å². The molecule has 2 heteroatoms. The van der Waals surface area contributed by atoms with Crippen molar-refractivity contribution in [3.05, 3.63) is 119 Å². The van der Waals surface area contributed by atoms with E-state index in [9.17, 15) is 0 Å². The third-order valence-corrected chi connectivity index (χ3v) is 6.40. The zero-order chi connectivity index (χ0) is 26.2. The van der Waals surface area contributed by atoms with Crippen LogP contribution in [0, 0.1) is 12.8 Å². The topological polar surface area (TPSA) is 18.5 Å². The maximum Gasteiger partial charge on any atom is 0.122 e. The monoisotopic (exact) mass is 480 g/mol. The van der Waals surface area contributed by atoms with Crippen LogP contribution in [-0.2, 0) is 19.3 Å². The average Bonchev–Trinajstić information content (AvgIpc) is 2.95. The Morgan fingerprint density at radius 1 is 0.750 bits per heavy atom. The van der Waals surface area contributed by atoms with Crippen LogP contribution in [0.2, 0.25) is 0 Å². The number of allylic oxidation sites excluding steroid dienone is 4. The molecule has 2 nitrogen and oxygen atoms in total. The van der Waals surface area contributed by atoms with Crippen molar-refractivity contribution >= 4 is 0 Å². The Morgan fingerprint density at radius 3 is 1.89 bits per heavy atom. The molecule has 0 heterocycles. The molecule has 0 aliphatic carbocycles. The van der Waals surface area contributed by atoms with Gasteiger partial charge in [0.05, 0.1) is 14.2 Å². The summed E-state index contributed by atoms with van der Waals surface area (Å²) in [7, 11) is 3.53. The highest BCUT2D eigenvalue weighted by Crippen LogP contribution is 2.33. The van der Waals surface area contributed by atoms with E-state index in [-0.39, 0.29) is 5.92 Å². The molecule has 1 atom stereocenters. The highest BCUT2D eigenvalue weighted by molar-refractivity contribution is 5.45. The normalized spacial score (nSPS) is 11.7. The number of hydrogen-bond donors (Lipinski definition) is 0. The average molecular weight is 481 g/mol. The first kappa shape index (κ1) is 28.5. The van der Waals surface area contributed by atoms with Gasteiger partial charge in [0.15, 0.2) is 0 Å². The van der Waals surface area contributed by atoms with Gasteiger partial charge >= 0.3 is 0 Å². The predicted molar refractivity (Wildman–Crippen MR) is 154 cm³/mol. The maximum absolute atomic E-state index is 5.77. The number of terminal acetylenes is 1. The second-order valence-electron chi connectivity index (χ2n) is 8.70. The molecule has 0 amide bonds. The van der Waals surface area contributed by atoms with E-state index in [0.717, 1.165) is 43.6 Å². The lowest BCUT2D eigenvalue weighted by Gasteiger charge is -2.18. The first-order valence-corrected chi connectivity index (χ1v) is 12.6. The minimum absolute atomic E-state index is 0.254. The molecule has 3 aromatic rings. The molecule has 1 unspecified atom stereocenters. The van der Waals surface area contributed by atoms with Crippen LogP contribution in [0.4, 0.5) is 0 Å². The van der Waals surface area contributed by atoms with Gasteiger partial charge in [-0.05, 0) is 79.0 Å². The van der Waals surface area contributed by atoms with Gasteiger partial charge in [0.2, 0.25) is 0 Å². The summed E-state index contributed by atoms with van der Waals surface area (Å²) in [6.45, 7) is 4.28. The van der Waals surface area contributed by atoms with Crippen molar-refractivity contribution in [2.24, 2.45) is 0 Å². The van der Waals surface area contributed by atoms with E-state index < -0.39 is 0 Å². The molecule has 0 radical (unpaired) electrons. The Hall–Kier alpha value is -3.70. The van der Waals surface area contributed by atoms with E-state index in [1.165, 1.54) is 27.8 Å². The predicted octanol–water partition coefficient (Wildman–Crippen LogP) is 8.35. The Bertz CT molecular complexity index is 1120. The van der Waals surface area contributed by atoms with Gasteiger partial charge in [0.25, 0.3) is 0 Å². The van der Waals surface area contributed by atoms with Crippen molar-refractivity contribution < 1.29 is 9.47 Å². The Labute approximate surface area is 218 Å². The number of rotatable bonds is 12. The van der Waals surface area contributed by atoms with Crippen LogP contribution in [0.15, 0.2) is 91.0 Å². The standard InChI is InChI=1S/C32H38O2.C2H2/c1-5-6-7-8-9-13-16-27-19-21-29(23-31(27)33-3)25(2)30-22-20-28(32(24-30)34-4)18-17-26-14-11-10-12-15-26;1-2/h5-8,10-12,14-15,19-25H,9,13,16-18H2,1-4H3;1-2H/b6-5-,8-7-;. The minimum atomic E-state index is 0.254. The van der Waals surface area contributed by atoms with Crippen LogP contribution in [0.1, 0.15) is 60.4 Å². The van der Waals surface area contributed by atoms with Crippen LogP contribution in [0.3, 0.4) is 0 Å². The fraction of sp³-hybridized carbons (Fsp3) is 0.294. The molecule has 3 aromatic carbocycles. The number of benzene rings is 3. The second kappa shape index (κ2) is 16.1. The molecule has 3 rings (SSSR count). The van der Waals surface area contributed by atoms with E-state index in [0.29, 0.717) is 0 Å². The first-order valence-electron chi connectivity index (χ1n) is 12.6. The molecule has 0 bridgehead atoms. The third-order valence-electron chi connectivity index (χ3n) is 6.40. The molecule has 0 spiro atoms. The second-order valence-corrected chi connectivity index (χ2v) is 8.70. The van der Waals surface area contributed by atoms with Gasteiger partial charge in [-0.1, -0.05) is 85.8 Å². The van der Waals surface area contributed by atoms with Crippen LogP contribution in [0.5, 0.6) is 11.5 Å². The highest BCUT2D eigenvalue weighted by Gasteiger charge is 2.14. The largest absolute Gasteiger partial charge is 0.496 e. The summed E-state index contributed by atoms with van der Waals surface area (Å²) in [5, 5.41) is 0. The van der Waals surface area contributed by atoms with E-state index in [1.807, 2.05) is 13.0 Å². The Balaban J connectivity index is 0.00000222. The van der Waals surface area contributed by atoms with Gasteiger partial charge in [-0.15, -0.1) is 12.8 Å². The highest BCUT2D eigenvalue weighted by atomic mass is 16.5. The number of methoxy groups -OCH3 is 2. The molecule has 0 saturated carbocycles. The number of aryl methyl sites for hydroxylation is 3. The van der Waals surface area contributed by atoms with Crippen molar-refractivity contribution in [1.82, 2.24) is 0 Å². The van der Waals surface area contributed by atoms with E-state index in [1.54, 1.807) is 14.2 Å². The Kier molecular flexibility index (Phi) is 12.7. The molecule has 0 aliphatic heterocycles. The van der Waals surface area contributed by atoms with Gasteiger partial charge in [-0.2, -0.15) is 0 Å². The maximum atomic E-state index is 5.77. The SMILES string of the molecule is C#C.C/C=C\C=C/CCCc1ccc(C(C)c2ccc(CCc3ccccc3)c(OC)c2)cc1OC. The third kappa shape index (κ3) is 8.51. The quantitative estimate of drug-likeness (QED) is 0.147. The van der Waals surface area contributed by atoms with E-state index in [4.69, 9.17) is 9.47 Å². The molecule has 0 N–H and O–H groups in total. The van der Waals surface area contributed by atoms with Crippen molar-refractivity contribution in [3.8, 4) is 24.3 Å². The lowest BCUT2D eigenvalue weighted by molar-refractivity contribution is 0.408. The van der Waals surface area contributed by atoms with Crippen LogP contribution < -0.4 is 9.47 Å². The van der Waals surface area contributed by atoms with E-state index >= 15 is 0 Å². The molecular formula is C34H40O2. The molecular weight excluding hydrogens is 440 g/mol. The van der Waals surface area contributed by atoms with Crippen LogP contribution in [-0.4, -0.2) is 14.2 Å². The van der Waals surface area contributed by atoms with Crippen molar-refractivity contribution in [1.29, 1.82) is 0 Å². The number of unbranched alkanes of at least 4 members (excludes halogenated alkanes) is 1. The van der Waals surface area contributed by atoms with Gasteiger partial charge in [0.1, 0.15) is 11.5 Å². The molecule has 188 valence electrons. The number of hydrogen-bond acceptors (Lipinski definition) is 2. The Morgan fingerprint density at radius 2 is 1.33 bits per heavy atom. The van der Waals surface area contributed by atoms with Crippen molar-refractivity contribution in [2.45, 2.75) is 51.9 Å². The molecule has 0 aromatic heterocycles. The first-order chi connectivity index (χ1) is 17.7. The summed E-state index contributed by atoms with van der Waals surface area (Å²) in [5.41, 5.74) is 6.38. The van der Waals surface area contributed by atoms with Gasteiger partial charge < -0.3 is 9.47 Å². The van der Waals surface area contributed by atoms with Crippen molar-refractivity contribution in [2.75, 3.05) is 14.2 Å². The summed E-state index contributed by atoms with van der Waals surface area (Å²) < 4.78 is 11.5. The fourth-order valence-electron chi connectivity index (χ4n) is 4.29. The van der Waals surface area contributed by atoms with Gasteiger partial charge in [0, 0.05) is 5.92 Å². The molecule has 0 aliphatic rings. The van der Waals surface area contributed by atoms with Crippen LogP contribution in [0.25, 0.3) is 0 Å².